The summed E-state index contributed by atoms with van der Waals surface area (Å²) in [7, 11) is 0. The van der Waals surface area contributed by atoms with Crippen molar-refractivity contribution in [3.63, 3.8) is 0 Å². The zero-order chi connectivity index (χ0) is 3.86. The van der Waals surface area contributed by atoms with Gasteiger partial charge in [0.15, 0.2) is 0 Å². The van der Waals surface area contributed by atoms with Crippen LogP contribution in [0.2, 0.25) is 19.9 Å². The van der Waals surface area contributed by atoms with E-state index in [2.05, 4.69) is 13.6 Å². The van der Waals surface area contributed by atoms with E-state index in [0.717, 1.165) is 13.2 Å². The van der Waals surface area contributed by atoms with Crippen LogP contribution in [0.15, 0.2) is 0 Å². The van der Waals surface area contributed by atoms with E-state index in [0.29, 0.717) is 0 Å². The van der Waals surface area contributed by atoms with E-state index in [9.17, 15) is 0 Å². The molecule has 0 radical (unpaired) electrons. The van der Waals surface area contributed by atoms with Gasteiger partial charge in [0.25, 0.3) is 0 Å². The summed E-state index contributed by atoms with van der Waals surface area (Å²) in [5, 5.41) is 0. The average Bonchev–Trinajstić information content (AvgIpc) is 1.79. The molecule has 0 spiro atoms. The zero-order valence-corrected chi connectivity index (χ0v) is 3.86. The predicted octanol–water partition coefficient (Wildman–Crippen LogP) is 0.867. The maximum Gasteiger partial charge on any atom is 0.0965 e. The molecule has 1 rings (SSSR count). The number of hydrogen-bond donors (Lipinski definition) is 0. The van der Waals surface area contributed by atoms with Gasteiger partial charge in [-0.2, -0.15) is 0 Å². The van der Waals surface area contributed by atoms with Crippen molar-refractivity contribution in [3.8, 4) is 0 Å². The molecule has 0 aromatic rings. The summed E-state index contributed by atoms with van der Waals surface area (Å²) in [6.45, 7) is 6.69. The molecule has 0 aromatic carbocycles. The molecule has 1 heterocycles. The molecule has 2 heteroatoms. The van der Waals surface area contributed by atoms with Crippen molar-refractivity contribution in [2.24, 2.45) is 0 Å². The molecule has 1 aliphatic heterocycles. The first-order valence-corrected chi connectivity index (χ1v) is 2.30. The van der Waals surface area contributed by atoms with Crippen molar-refractivity contribution < 1.29 is 0 Å². The summed E-state index contributed by atoms with van der Waals surface area (Å²) < 4.78 is 0. The van der Waals surface area contributed by atoms with Crippen molar-refractivity contribution in [1.29, 1.82) is 0 Å². The highest BCUT2D eigenvalue weighted by atomic mass is 13.6. The molecular formula is C3H8B2. The second-order valence-electron chi connectivity index (χ2n) is 2.19. The van der Waals surface area contributed by atoms with E-state index in [4.69, 9.17) is 0 Å². The maximum absolute atomic E-state index is 2.30. The smallest absolute Gasteiger partial charge is 0.0965 e. The third-order valence-electron chi connectivity index (χ3n) is 1.51. The lowest BCUT2D eigenvalue weighted by Gasteiger charge is -1.58. The normalized spacial score (nSPS) is 20.4. The van der Waals surface area contributed by atoms with Crippen molar-refractivity contribution in [3.05, 3.63) is 0 Å². The van der Waals surface area contributed by atoms with Crippen molar-refractivity contribution in [2.45, 2.75) is 19.9 Å². The first-order valence-electron chi connectivity index (χ1n) is 2.30. The van der Waals surface area contributed by atoms with Gasteiger partial charge in [0.2, 0.25) is 0 Å². The minimum absolute atomic E-state index is 1.05. The topological polar surface area (TPSA) is 0 Å². The Morgan fingerprint density at radius 3 is 1.40 bits per heavy atom. The van der Waals surface area contributed by atoms with Gasteiger partial charge in [-0.3, -0.25) is 0 Å². The van der Waals surface area contributed by atoms with E-state index in [-0.39, 0.29) is 0 Å². The summed E-state index contributed by atoms with van der Waals surface area (Å²) in [4.78, 5) is 0. The molecule has 0 nitrogen and oxygen atoms in total. The van der Waals surface area contributed by atoms with Crippen LogP contribution in [0.1, 0.15) is 0 Å². The lowest BCUT2D eigenvalue weighted by atomic mass is 9.43. The molecular weight excluding hydrogens is 57.7 g/mol. The fourth-order valence-electron chi connectivity index (χ4n) is 0.508. The molecule has 0 unspecified atom stereocenters. The first kappa shape index (κ1) is 3.32. The van der Waals surface area contributed by atoms with Crippen LogP contribution in [-0.2, 0) is 0 Å². The first-order chi connectivity index (χ1) is 2.30. The predicted molar refractivity (Wildman–Crippen MR) is 28.0 cm³/mol. The van der Waals surface area contributed by atoms with Gasteiger partial charge in [-0.25, -0.2) is 0 Å². The zero-order valence-electron chi connectivity index (χ0n) is 3.86. The maximum atomic E-state index is 2.30. The van der Waals surface area contributed by atoms with E-state index in [1.165, 1.54) is 6.22 Å². The molecule has 1 aliphatic rings. The van der Waals surface area contributed by atoms with Crippen molar-refractivity contribution >= 4 is 13.2 Å². The molecule has 0 N–H and O–H groups in total. The van der Waals surface area contributed by atoms with Gasteiger partial charge in [-0.05, 0) is 0 Å². The van der Waals surface area contributed by atoms with E-state index in [1.54, 1.807) is 0 Å². The summed E-state index contributed by atoms with van der Waals surface area (Å²) in [6, 6.07) is 0. The fourth-order valence-corrected chi connectivity index (χ4v) is 0.508. The number of rotatable bonds is 0. The van der Waals surface area contributed by atoms with Crippen LogP contribution in [-0.4, -0.2) is 13.2 Å². The number of hydrogen-bond acceptors (Lipinski definition) is 0. The van der Waals surface area contributed by atoms with Crippen LogP contribution in [0.25, 0.3) is 0 Å². The van der Waals surface area contributed by atoms with Gasteiger partial charge in [0.1, 0.15) is 0 Å². The van der Waals surface area contributed by atoms with E-state index >= 15 is 0 Å². The van der Waals surface area contributed by atoms with E-state index in [1.807, 2.05) is 0 Å². The van der Waals surface area contributed by atoms with Gasteiger partial charge in [0.05, 0.1) is 13.2 Å². The van der Waals surface area contributed by atoms with Gasteiger partial charge < -0.3 is 0 Å². The Morgan fingerprint density at radius 1 is 1.20 bits per heavy atom. The Kier molecular flexibility index (Phi) is 0.529. The Labute approximate surface area is 34.1 Å². The van der Waals surface area contributed by atoms with Crippen molar-refractivity contribution in [2.75, 3.05) is 0 Å². The second-order valence-corrected chi connectivity index (χ2v) is 2.19. The Bertz CT molecular complexity index is 38.2. The third kappa shape index (κ3) is 0.499. The summed E-state index contributed by atoms with van der Waals surface area (Å²) in [5.74, 6) is 0. The highest BCUT2D eigenvalue weighted by Crippen LogP contribution is 2.16. The molecule has 26 valence electrons. The Morgan fingerprint density at radius 2 is 1.40 bits per heavy atom. The van der Waals surface area contributed by atoms with Crippen molar-refractivity contribution in [1.82, 2.24) is 0 Å². The monoisotopic (exact) mass is 66.1 g/mol. The van der Waals surface area contributed by atoms with Gasteiger partial charge in [0, 0.05) is 0 Å². The summed E-state index contributed by atoms with van der Waals surface area (Å²) in [5.41, 5.74) is 0. The quantitative estimate of drug-likeness (QED) is 0.368. The molecule has 1 saturated heterocycles. The molecule has 0 bridgehead atoms. The minimum Gasteiger partial charge on any atom is -0.107 e. The lowest BCUT2D eigenvalue weighted by molar-refractivity contribution is 2.06. The van der Waals surface area contributed by atoms with Crippen LogP contribution in [0.3, 0.4) is 0 Å². The van der Waals surface area contributed by atoms with E-state index < -0.39 is 0 Å². The Hall–Kier alpha value is 0.130. The SMILES string of the molecule is CB1CB1C. The lowest BCUT2D eigenvalue weighted by Crippen LogP contribution is -1.86. The molecule has 1 fully saturated rings. The average molecular weight is 65.7 g/mol. The van der Waals surface area contributed by atoms with Gasteiger partial charge >= 0.3 is 0 Å². The highest BCUT2D eigenvalue weighted by molar-refractivity contribution is 7.39. The molecule has 0 aromatic heterocycles. The van der Waals surface area contributed by atoms with Crippen LogP contribution in [0.4, 0.5) is 0 Å². The van der Waals surface area contributed by atoms with Crippen LogP contribution in [0.5, 0.6) is 0 Å². The minimum atomic E-state index is 1.05. The van der Waals surface area contributed by atoms with Crippen LogP contribution < -0.4 is 0 Å². The van der Waals surface area contributed by atoms with Crippen LogP contribution in [0, 0.1) is 0 Å². The third-order valence-corrected chi connectivity index (χ3v) is 1.51. The molecule has 5 heavy (non-hydrogen) atoms. The molecule has 0 aliphatic carbocycles. The highest BCUT2D eigenvalue weighted by Gasteiger charge is 2.33. The van der Waals surface area contributed by atoms with Crippen LogP contribution >= 0.6 is 0 Å². The van der Waals surface area contributed by atoms with Gasteiger partial charge in [-0.15, -0.1) is 6.22 Å². The fraction of sp³-hybridized carbons (Fsp3) is 1.00. The largest absolute Gasteiger partial charge is 0.107 e. The molecule has 0 saturated carbocycles. The Balaban J connectivity index is 2.20. The molecule has 0 amide bonds. The summed E-state index contributed by atoms with van der Waals surface area (Å²) in [6.07, 6.45) is 1.47. The standard InChI is InChI=1S/C3H8B2/c1-4-3-5(4)2/h3H2,1-2H3. The molecule has 0 atom stereocenters. The van der Waals surface area contributed by atoms with Gasteiger partial charge in [-0.1, -0.05) is 13.6 Å². The summed E-state index contributed by atoms with van der Waals surface area (Å²) >= 11 is 0. The second kappa shape index (κ2) is 0.796.